The molecule has 0 aromatic carbocycles. The lowest BCUT2D eigenvalue weighted by molar-refractivity contribution is -0.142. The first-order chi connectivity index (χ1) is 10.0. The fourth-order valence-corrected chi connectivity index (χ4v) is 4.15. The number of rotatable bonds is 2. The average Bonchev–Trinajstić information content (AvgIpc) is 2.89. The summed E-state index contributed by atoms with van der Waals surface area (Å²) in [5.41, 5.74) is 0. The van der Waals surface area contributed by atoms with Crippen LogP contribution in [0.25, 0.3) is 0 Å². The molecule has 114 valence electrons. The zero-order valence-corrected chi connectivity index (χ0v) is 13.4. The molecule has 0 N–H and O–H groups in total. The number of nitrogens with zero attached hydrogens (tertiary/aromatic N) is 2. The Hall–Kier alpha value is -1.36. The molecule has 2 aliphatic heterocycles. The van der Waals surface area contributed by atoms with Crippen LogP contribution in [0.1, 0.15) is 29.9 Å². The van der Waals surface area contributed by atoms with Gasteiger partial charge in [0.15, 0.2) is 0 Å². The van der Waals surface area contributed by atoms with E-state index in [1.807, 2.05) is 22.4 Å². The second-order valence-electron chi connectivity index (χ2n) is 6.57. The van der Waals surface area contributed by atoms with Gasteiger partial charge in [-0.05, 0) is 29.7 Å². The van der Waals surface area contributed by atoms with Crippen LogP contribution in [0, 0.1) is 17.8 Å². The molecule has 2 unspecified atom stereocenters. The molecule has 2 fully saturated rings. The molecule has 2 saturated heterocycles. The van der Waals surface area contributed by atoms with Crippen molar-refractivity contribution in [2.24, 2.45) is 17.8 Å². The number of carbonyl (C=O) groups is 2. The topological polar surface area (TPSA) is 40.6 Å². The van der Waals surface area contributed by atoms with Gasteiger partial charge in [0, 0.05) is 26.2 Å². The Kier molecular flexibility index (Phi) is 4.02. The maximum absolute atomic E-state index is 12.5. The summed E-state index contributed by atoms with van der Waals surface area (Å²) in [5.74, 6) is 1.48. The third kappa shape index (κ3) is 2.98. The summed E-state index contributed by atoms with van der Waals surface area (Å²) in [6.45, 7) is 7.33. The highest BCUT2D eigenvalue weighted by Crippen LogP contribution is 2.26. The van der Waals surface area contributed by atoms with Gasteiger partial charge in [-0.1, -0.05) is 19.9 Å². The Morgan fingerprint density at radius 2 is 1.76 bits per heavy atom. The summed E-state index contributed by atoms with van der Waals surface area (Å²) in [5, 5.41) is 1.91. The molecular weight excluding hydrogens is 284 g/mol. The third-order valence-corrected chi connectivity index (χ3v) is 5.29. The highest BCUT2D eigenvalue weighted by atomic mass is 32.1. The number of amides is 2. The average molecular weight is 306 g/mol. The first kappa shape index (κ1) is 14.6. The smallest absolute Gasteiger partial charge is 0.263 e. The first-order valence-corrected chi connectivity index (χ1v) is 8.54. The molecule has 5 heteroatoms. The van der Waals surface area contributed by atoms with Gasteiger partial charge in [0.1, 0.15) is 0 Å². The van der Waals surface area contributed by atoms with E-state index in [1.54, 1.807) is 4.90 Å². The highest BCUT2D eigenvalue weighted by Gasteiger charge is 2.39. The Morgan fingerprint density at radius 1 is 1.10 bits per heavy atom. The van der Waals surface area contributed by atoms with Gasteiger partial charge in [0.05, 0.1) is 10.8 Å². The van der Waals surface area contributed by atoms with Gasteiger partial charge in [-0.25, -0.2) is 0 Å². The van der Waals surface area contributed by atoms with Gasteiger partial charge >= 0.3 is 0 Å². The molecule has 0 saturated carbocycles. The molecule has 0 radical (unpaired) electrons. The number of carbonyl (C=O) groups excluding carboxylic acids is 2. The second-order valence-corrected chi connectivity index (χ2v) is 7.52. The number of thiophene rings is 1. The molecule has 3 heterocycles. The molecule has 1 aromatic heterocycles. The summed E-state index contributed by atoms with van der Waals surface area (Å²) >= 11 is 1.46. The van der Waals surface area contributed by atoms with E-state index in [4.69, 9.17) is 0 Å². The van der Waals surface area contributed by atoms with Crippen LogP contribution >= 0.6 is 11.3 Å². The van der Waals surface area contributed by atoms with Crippen LogP contribution in [0.3, 0.4) is 0 Å². The highest BCUT2D eigenvalue weighted by molar-refractivity contribution is 7.12. The van der Waals surface area contributed by atoms with E-state index in [-0.39, 0.29) is 17.7 Å². The molecule has 4 nitrogen and oxygen atoms in total. The van der Waals surface area contributed by atoms with Crippen molar-refractivity contribution in [3.8, 4) is 0 Å². The van der Waals surface area contributed by atoms with Crippen molar-refractivity contribution < 1.29 is 9.59 Å². The quantitative estimate of drug-likeness (QED) is 0.841. The summed E-state index contributed by atoms with van der Waals surface area (Å²) in [4.78, 5) is 29.2. The van der Waals surface area contributed by atoms with Gasteiger partial charge in [-0.2, -0.15) is 0 Å². The summed E-state index contributed by atoms with van der Waals surface area (Å²) in [6.07, 6.45) is 1.21. The largest absolute Gasteiger partial charge is 0.342 e. The van der Waals surface area contributed by atoms with Crippen LogP contribution in [0.5, 0.6) is 0 Å². The molecule has 0 aliphatic carbocycles. The number of hydrogen-bond acceptors (Lipinski definition) is 3. The predicted octanol–water partition coefficient (Wildman–Crippen LogP) is 2.32. The maximum Gasteiger partial charge on any atom is 0.263 e. The summed E-state index contributed by atoms with van der Waals surface area (Å²) < 4.78 is 0. The lowest BCUT2D eigenvalue weighted by atomic mass is 9.89. The van der Waals surface area contributed by atoms with E-state index >= 15 is 0 Å². The van der Waals surface area contributed by atoms with Gasteiger partial charge < -0.3 is 9.80 Å². The number of piperidine rings is 1. The van der Waals surface area contributed by atoms with Gasteiger partial charge in [-0.3, -0.25) is 9.59 Å². The summed E-state index contributed by atoms with van der Waals surface area (Å²) in [7, 11) is 0. The molecule has 0 bridgehead atoms. The Bertz CT molecular complexity index is 512. The SMILES string of the molecule is CC1CC(C)CN(C(=O)C2CN(C(=O)c3cccs3)C2)C1. The number of likely N-dealkylation sites (tertiary alicyclic amines) is 2. The van der Waals surface area contributed by atoms with E-state index < -0.39 is 0 Å². The van der Waals surface area contributed by atoms with Crippen LogP contribution in [0.4, 0.5) is 0 Å². The van der Waals surface area contributed by atoms with Crippen LogP contribution < -0.4 is 0 Å². The molecule has 2 aliphatic rings. The molecule has 3 rings (SSSR count). The molecule has 21 heavy (non-hydrogen) atoms. The zero-order valence-electron chi connectivity index (χ0n) is 12.6. The van der Waals surface area contributed by atoms with Crippen LogP contribution in [-0.2, 0) is 4.79 Å². The molecule has 0 spiro atoms. The monoisotopic (exact) mass is 306 g/mol. The van der Waals surface area contributed by atoms with Crippen LogP contribution in [0.2, 0.25) is 0 Å². The number of hydrogen-bond donors (Lipinski definition) is 0. The van der Waals surface area contributed by atoms with Crippen molar-refractivity contribution in [2.75, 3.05) is 26.2 Å². The van der Waals surface area contributed by atoms with E-state index in [0.717, 1.165) is 18.0 Å². The molecule has 2 atom stereocenters. The molecule has 2 amide bonds. The van der Waals surface area contributed by atoms with Crippen molar-refractivity contribution in [2.45, 2.75) is 20.3 Å². The van der Waals surface area contributed by atoms with E-state index in [9.17, 15) is 9.59 Å². The van der Waals surface area contributed by atoms with Crippen molar-refractivity contribution in [3.63, 3.8) is 0 Å². The van der Waals surface area contributed by atoms with Crippen molar-refractivity contribution in [1.82, 2.24) is 9.80 Å². The second kappa shape index (κ2) is 5.79. The minimum absolute atomic E-state index is 0.00594. The lowest BCUT2D eigenvalue weighted by Gasteiger charge is -2.43. The van der Waals surface area contributed by atoms with Crippen molar-refractivity contribution >= 4 is 23.2 Å². The maximum atomic E-state index is 12.5. The normalized spacial score (nSPS) is 26.6. The van der Waals surface area contributed by atoms with Crippen LogP contribution in [-0.4, -0.2) is 47.8 Å². The Morgan fingerprint density at radius 3 is 2.33 bits per heavy atom. The first-order valence-electron chi connectivity index (χ1n) is 7.66. The van der Waals surface area contributed by atoms with Gasteiger partial charge in [0.25, 0.3) is 5.91 Å². The molecule has 1 aromatic rings. The van der Waals surface area contributed by atoms with Gasteiger partial charge in [-0.15, -0.1) is 11.3 Å². The minimum atomic E-state index is 0.00594. The Balaban J connectivity index is 1.54. The fourth-order valence-electron chi connectivity index (χ4n) is 3.46. The van der Waals surface area contributed by atoms with E-state index in [2.05, 4.69) is 13.8 Å². The Labute approximate surface area is 129 Å². The minimum Gasteiger partial charge on any atom is -0.342 e. The lowest BCUT2D eigenvalue weighted by Crippen LogP contribution is -2.57. The van der Waals surface area contributed by atoms with Gasteiger partial charge in [0.2, 0.25) is 5.91 Å². The van der Waals surface area contributed by atoms with Crippen molar-refractivity contribution in [3.05, 3.63) is 22.4 Å². The third-order valence-electron chi connectivity index (χ3n) is 4.43. The van der Waals surface area contributed by atoms with Crippen molar-refractivity contribution in [1.29, 1.82) is 0 Å². The zero-order chi connectivity index (χ0) is 15.0. The molecular formula is C16H22N2O2S. The van der Waals surface area contributed by atoms with E-state index in [1.165, 1.54) is 17.8 Å². The standard InChI is InChI=1S/C16H22N2O2S/c1-11-6-12(2)8-17(7-11)15(19)13-9-18(10-13)16(20)14-4-3-5-21-14/h3-5,11-13H,6-10H2,1-2H3. The summed E-state index contributed by atoms with van der Waals surface area (Å²) in [6, 6.07) is 3.73. The fraction of sp³-hybridized carbons (Fsp3) is 0.625. The predicted molar refractivity (Wildman–Crippen MR) is 83.2 cm³/mol. The van der Waals surface area contributed by atoms with Crippen LogP contribution in [0.15, 0.2) is 17.5 Å². The van der Waals surface area contributed by atoms with E-state index in [0.29, 0.717) is 24.9 Å².